The van der Waals surface area contributed by atoms with Crippen molar-refractivity contribution >= 4 is 5.91 Å². The molecule has 1 aliphatic carbocycles. The molecular formula is C9H13NO. The van der Waals surface area contributed by atoms with Crippen LogP contribution in [0.15, 0.2) is 12.7 Å². The zero-order chi connectivity index (χ0) is 7.84. The Morgan fingerprint density at radius 3 is 2.82 bits per heavy atom. The molecule has 0 aromatic rings. The van der Waals surface area contributed by atoms with E-state index in [9.17, 15) is 4.79 Å². The molecule has 2 aliphatic rings. The fraction of sp³-hybridized carbons (Fsp3) is 0.667. The molecule has 1 unspecified atom stereocenters. The maximum atomic E-state index is 11.2. The molecule has 2 bridgehead atoms. The van der Waals surface area contributed by atoms with Crippen LogP contribution in [0.2, 0.25) is 0 Å². The molecule has 2 heteroatoms. The van der Waals surface area contributed by atoms with E-state index >= 15 is 0 Å². The Labute approximate surface area is 66.9 Å². The minimum atomic E-state index is 0.122. The number of carbonyl (C=O) groups excluding carboxylic acids is 1. The van der Waals surface area contributed by atoms with Crippen LogP contribution in [0.3, 0.4) is 0 Å². The molecule has 0 radical (unpaired) electrons. The van der Waals surface area contributed by atoms with Crippen LogP contribution in [0.25, 0.3) is 0 Å². The van der Waals surface area contributed by atoms with Gasteiger partial charge in [-0.3, -0.25) is 4.79 Å². The number of likely N-dealkylation sites (tertiary alicyclic amines) is 1. The highest BCUT2D eigenvalue weighted by atomic mass is 16.2. The van der Waals surface area contributed by atoms with Crippen LogP contribution < -0.4 is 0 Å². The van der Waals surface area contributed by atoms with E-state index in [1.54, 1.807) is 0 Å². The number of amides is 1. The molecule has 2 atom stereocenters. The normalized spacial score (nSPS) is 34.4. The van der Waals surface area contributed by atoms with E-state index in [0.717, 1.165) is 12.5 Å². The van der Waals surface area contributed by atoms with Gasteiger partial charge in [-0.25, -0.2) is 0 Å². The van der Waals surface area contributed by atoms with Gasteiger partial charge < -0.3 is 4.90 Å². The van der Waals surface area contributed by atoms with Crippen molar-refractivity contribution in [2.75, 3.05) is 6.54 Å². The minimum absolute atomic E-state index is 0.122. The molecule has 1 saturated carbocycles. The summed E-state index contributed by atoms with van der Waals surface area (Å²) in [7, 11) is 0. The van der Waals surface area contributed by atoms with Gasteiger partial charge in [0.1, 0.15) is 0 Å². The van der Waals surface area contributed by atoms with Gasteiger partial charge in [-0.05, 0) is 31.3 Å². The largest absolute Gasteiger partial charge is 0.336 e. The summed E-state index contributed by atoms with van der Waals surface area (Å²) in [4.78, 5) is 13.2. The number of carbonyl (C=O) groups is 1. The van der Waals surface area contributed by atoms with Crippen LogP contribution in [-0.2, 0) is 4.79 Å². The van der Waals surface area contributed by atoms with Crippen molar-refractivity contribution < 1.29 is 4.79 Å². The number of hydrogen-bond donors (Lipinski definition) is 0. The first-order valence-corrected chi connectivity index (χ1v) is 4.24. The van der Waals surface area contributed by atoms with E-state index in [1.807, 2.05) is 4.90 Å². The van der Waals surface area contributed by atoms with Crippen LogP contribution in [-0.4, -0.2) is 23.4 Å². The van der Waals surface area contributed by atoms with Gasteiger partial charge in [-0.15, -0.1) is 0 Å². The summed E-state index contributed by atoms with van der Waals surface area (Å²) in [6.45, 7) is 4.48. The Morgan fingerprint density at radius 2 is 2.36 bits per heavy atom. The maximum Gasteiger partial charge on any atom is 0.246 e. The second-order valence-corrected chi connectivity index (χ2v) is 3.53. The Bertz CT molecular complexity index is 200. The third kappa shape index (κ3) is 0.971. The van der Waals surface area contributed by atoms with Gasteiger partial charge in [-0.2, -0.15) is 0 Å². The maximum absolute atomic E-state index is 11.2. The van der Waals surface area contributed by atoms with Crippen LogP contribution in [0.5, 0.6) is 0 Å². The summed E-state index contributed by atoms with van der Waals surface area (Å²) >= 11 is 0. The van der Waals surface area contributed by atoms with E-state index in [1.165, 1.54) is 25.3 Å². The molecule has 2 fully saturated rings. The summed E-state index contributed by atoms with van der Waals surface area (Å²) in [5.41, 5.74) is 0. The molecule has 1 heterocycles. The third-order valence-electron chi connectivity index (χ3n) is 2.87. The van der Waals surface area contributed by atoms with Crippen molar-refractivity contribution in [3.05, 3.63) is 12.7 Å². The van der Waals surface area contributed by atoms with Crippen molar-refractivity contribution in [1.29, 1.82) is 0 Å². The average molecular weight is 151 g/mol. The Hall–Kier alpha value is -0.790. The van der Waals surface area contributed by atoms with E-state index in [0.29, 0.717) is 6.04 Å². The summed E-state index contributed by atoms with van der Waals surface area (Å²) < 4.78 is 0. The summed E-state index contributed by atoms with van der Waals surface area (Å²) in [6.07, 6.45) is 5.20. The number of rotatable bonds is 1. The lowest BCUT2D eigenvalue weighted by atomic mass is 10.1. The quantitative estimate of drug-likeness (QED) is 0.515. The summed E-state index contributed by atoms with van der Waals surface area (Å²) in [6, 6.07) is 0.547. The van der Waals surface area contributed by atoms with Crippen molar-refractivity contribution in [2.24, 2.45) is 5.92 Å². The summed E-state index contributed by atoms with van der Waals surface area (Å²) in [5, 5.41) is 0. The van der Waals surface area contributed by atoms with Crippen molar-refractivity contribution in [3.63, 3.8) is 0 Å². The predicted molar refractivity (Wildman–Crippen MR) is 43.0 cm³/mol. The molecule has 0 aromatic carbocycles. The molecule has 1 saturated heterocycles. The first-order chi connectivity index (χ1) is 5.31. The van der Waals surface area contributed by atoms with Gasteiger partial charge in [0.2, 0.25) is 5.91 Å². The lowest BCUT2D eigenvalue weighted by Crippen LogP contribution is -2.36. The van der Waals surface area contributed by atoms with Gasteiger partial charge in [0, 0.05) is 12.6 Å². The Kier molecular flexibility index (Phi) is 1.48. The lowest BCUT2D eigenvalue weighted by molar-refractivity contribution is -0.127. The number of hydrogen-bond acceptors (Lipinski definition) is 1. The number of piperidine rings is 1. The van der Waals surface area contributed by atoms with Crippen molar-refractivity contribution in [1.82, 2.24) is 4.90 Å². The van der Waals surface area contributed by atoms with Crippen LogP contribution in [0.4, 0.5) is 0 Å². The number of nitrogens with zero attached hydrogens (tertiary/aromatic N) is 1. The van der Waals surface area contributed by atoms with Gasteiger partial charge in [0.15, 0.2) is 0 Å². The highest BCUT2D eigenvalue weighted by molar-refractivity contribution is 5.87. The fourth-order valence-corrected chi connectivity index (χ4v) is 2.31. The second-order valence-electron chi connectivity index (χ2n) is 3.53. The van der Waals surface area contributed by atoms with Crippen LogP contribution >= 0.6 is 0 Å². The second kappa shape index (κ2) is 2.36. The molecule has 1 aliphatic heterocycles. The first-order valence-electron chi connectivity index (χ1n) is 4.24. The molecule has 2 nitrogen and oxygen atoms in total. The minimum Gasteiger partial charge on any atom is -0.336 e. The first kappa shape index (κ1) is 6.89. The topological polar surface area (TPSA) is 20.3 Å². The molecule has 2 rings (SSSR count). The zero-order valence-corrected chi connectivity index (χ0v) is 6.62. The molecule has 60 valence electrons. The smallest absolute Gasteiger partial charge is 0.246 e. The van der Waals surface area contributed by atoms with Crippen molar-refractivity contribution in [3.8, 4) is 0 Å². The monoisotopic (exact) mass is 151 g/mol. The van der Waals surface area contributed by atoms with Crippen LogP contribution in [0.1, 0.15) is 19.3 Å². The van der Waals surface area contributed by atoms with Gasteiger partial charge >= 0.3 is 0 Å². The SMILES string of the molecule is C=CC(=O)N1CC2CC[C@H]1C2. The highest BCUT2D eigenvalue weighted by Crippen LogP contribution is 2.37. The highest BCUT2D eigenvalue weighted by Gasteiger charge is 2.39. The van der Waals surface area contributed by atoms with Crippen molar-refractivity contribution in [2.45, 2.75) is 25.3 Å². The molecule has 0 aromatic heterocycles. The third-order valence-corrected chi connectivity index (χ3v) is 2.87. The molecule has 11 heavy (non-hydrogen) atoms. The zero-order valence-electron chi connectivity index (χ0n) is 6.62. The summed E-state index contributed by atoms with van der Waals surface area (Å²) in [5.74, 6) is 0.918. The fourth-order valence-electron chi connectivity index (χ4n) is 2.31. The van der Waals surface area contributed by atoms with E-state index in [4.69, 9.17) is 0 Å². The Morgan fingerprint density at radius 1 is 1.55 bits per heavy atom. The van der Waals surface area contributed by atoms with Gasteiger partial charge in [0.05, 0.1) is 0 Å². The van der Waals surface area contributed by atoms with E-state index in [2.05, 4.69) is 6.58 Å². The Balaban J connectivity index is 2.07. The van der Waals surface area contributed by atoms with E-state index < -0.39 is 0 Å². The molecule has 0 N–H and O–H groups in total. The lowest BCUT2D eigenvalue weighted by Gasteiger charge is -2.25. The van der Waals surface area contributed by atoms with Gasteiger partial charge in [-0.1, -0.05) is 6.58 Å². The average Bonchev–Trinajstić information content (AvgIpc) is 2.62. The number of fused-ring (bicyclic) bond motifs is 2. The van der Waals surface area contributed by atoms with E-state index in [-0.39, 0.29) is 5.91 Å². The van der Waals surface area contributed by atoms with Gasteiger partial charge in [0.25, 0.3) is 0 Å². The molecular weight excluding hydrogens is 138 g/mol. The molecule has 0 spiro atoms. The predicted octanol–water partition coefficient (Wildman–Crippen LogP) is 1.18. The standard InChI is InChI=1S/C9H13NO/c1-2-9(11)10-6-7-3-4-8(10)5-7/h2,7-8H,1,3-6H2/t7?,8-/m0/s1. The molecule has 1 amide bonds. The van der Waals surface area contributed by atoms with Crippen LogP contribution in [0, 0.1) is 5.92 Å².